The van der Waals surface area contributed by atoms with Crippen molar-refractivity contribution in [3.63, 3.8) is 0 Å². The van der Waals surface area contributed by atoms with Gasteiger partial charge in [0.05, 0.1) is 12.2 Å². The van der Waals surface area contributed by atoms with Crippen LogP contribution in [0.4, 0.5) is 0 Å². The smallest absolute Gasteiger partial charge is 0.0666 e. The van der Waals surface area contributed by atoms with Gasteiger partial charge in [0.15, 0.2) is 0 Å². The Labute approximate surface area is 124 Å². The molecule has 2 rings (SSSR count). The van der Waals surface area contributed by atoms with E-state index in [1.807, 2.05) is 0 Å². The fraction of sp³-hybridized carbons (Fsp3) is 1.00. The first-order chi connectivity index (χ1) is 9.67. The van der Waals surface area contributed by atoms with Gasteiger partial charge in [0, 0.05) is 38.9 Å². The number of nitrogens with one attached hydrogen (secondary N) is 1. The summed E-state index contributed by atoms with van der Waals surface area (Å²) in [6.07, 6.45) is 6.05. The van der Waals surface area contributed by atoms with E-state index < -0.39 is 0 Å². The van der Waals surface area contributed by atoms with Crippen LogP contribution in [0.1, 0.15) is 46.0 Å². The van der Waals surface area contributed by atoms with E-state index in [9.17, 15) is 0 Å². The molecular weight excluding hydrogens is 252 g/mol. The van der Waals surface area contributed by atoms with Gasteiger partial charge >= 0.3 is 0 Å². The van der Waals surface area contributed by atoms with Crippen molar-refractivity contribution >= 4 is 0 Å². The van der Waals surface area contributed by atoms with Crippen molar-refractivity contribution in [2.45, 2.75) is 63.6 Å². The van der Waals surface area contributed by atoms with Crippen LogP contribution in [0.2, 0.25) is 0 Å². The summed E-state index contributed by atoms with van der Waals surface area (Å²) in [5, 5.41) is 3.62. The van der Waals surface area contributed by atoms with Crippen LogP contribution in [0, 0.1) is 0 Å². The summed E-state index contributed by atoms with van der Waals surface area (Å²) in [7, 11) is 1.80. The molecule has 0 amide bonds. The van der Waals surface area contributed by atoms with Crippen LogP contribution >= 0.6 is 0 Å². The van der Waals surface area contributed by atoms with Gasteiger partial charge in [-0.1, -0.05) is 6.92 Å². The summed E-state index contributed by atoms with van der Waals surface area (Å²) < 4.78 is 11.3. The van der Waals surface area contributed by atoms with E-state index in [0.29, 0.717) is 12.1 Å². The van der Waals surface area contributed by atoms with Crippen LogP contribution in [0.3, 0.4) is 0 Å². The summed E-state index contributed by atoms with van der Waals surface area (Å²) in [5.41, 5.74) is 0.0668. The zero-order valence-corrected chi connectivity index (χ0v) is 13.5. The van der Waals surface area contributed by atoms with Crippen molar-refractivity contribution in [2.75, 3.05) is 40.0 Å². The average molecular weight is 284 g/mol. The minimum Gasteiger partial charge on any atom is -0.383 e. The largest absolute Gasteiger partial charge is 0.383 e. The molecule has 0 saturated carbocycles. The average Bonchev–Trinajstić information content (AvgIpc) is 2.96. The third kappa shape index (κ3) is 4.42. The van der Waals surface area contributed by atoms with Gasteiger partial charge in [0.1, 0.15) is 0 Å². The number of nitrogens with zero attached hydrogens (tertiary/aromatic N) is 1. The normalized spacial score (nSPS) is 34.8. The molecule has 3 unspecified atom stereocenters. The van der Waals surface area contributed by atoms with Crippen LogP contribution in [0.15, 0.2) is 0 Å². The third-order valence-electron chi connectivity index (χ3n) is 5.03. The van der Waals surface area contributed by atoms with Gasteiger partial charge in [-0.3, -0.25) is 4.90 Å². The summed E-state index contributed by atoms with van der Waals surface area (Å²) >= 11 is 0. The Morgan fingerprint density at radius 1 is 1.40 bits per heavy atom. The highest BCUT2D eigenvalue weighted by Gasteiger charge is 2.35. The second-order valence-electron chi connectivity index (χ2n) is 6.58. The molecule has 0 spiro atoms. The van der Waals surface area contributed by atoms with Crippen LogP contribution in [0.25, 0.3) is 0 Å². The molecule has 0 aromatic rings. The zero-order valence-electron chi connectivity index (χ0n) is 13.5. The second kappa shape index (κ2) is 7.74. The number of hydrogen-bond donors (Lipinski definition) is 1. The lowest BCUT2D eigenvalue weighted by Gasteiger charge is -2.43. The Morgan fingerprint density at radius 3 is 2.90 bits per heavy atom. The number of rotatable bonds is 7. The Bertz CT molecular complexity index is 282. The molecule has 4 nitrogen and oxygen atoms in total. The first kappa shape index (κ1) is 16.2. The quantitative estimate of drug-likeness (QED) is 0.776. The molecule has 2 heterocycles. The Hall–Kier alpha value is -0.160. The van der Waals surface area contributed by atoms with E-state index in [1.165, 1.54) is 19.4 Å². The maximum Gasteiger partial charge on any atom is 0.0666 e. The summed E-state index contributed by atoms with van der Waals surface area (Å²) in [6, 6.07) is 1.31. The van der Waals surface area contributed by atoms with Crippen molar-refractivity contribution in [1.82, 2.24) is 10.2 Å². The summed E-state index contributed by atoms with van der Waals surface area (Å²) in [4.78, 5) is 2.64. The van der Waals surface area contributed by atoms with Crippen LogP contribution in [-0.2, 0) is 9.47 Å². The topological polar surface area (TPSA) is 33.7 Å². The molecule has 20 heavy (non-hydrogen) atoms. The molecule has 0 aliphatic carbocycles. The van der Waals surface area contributed by atoms with Gasteiger partial charge in [-0.2, -0.15) is 0 Å². The lowest BCUT2D eigenvalue weighted by atomic mass is 9.89. The predicted octanol–water partition coefficient (Wildman–Crippen LogP) is 2.03. The lowest BCUT2D eigenvalue weighted by Crippen LogP contribution is -2.51. The zero-order chi connectivity index (χ0) is 14.4. The van der Waals surface area contributed by atoms with Crippen molar-refractivity contribution < 1.29 is 9.47 Å². The third-order valence-corrected chi connectivity index (χ3v) is 5.03. The molecule has 0 aromatic carbocycles. The SMILES string of the molecule is CCC1(C)CC(N(CCOC)CC2CCCN2)CCO1. The highest BCUT2D eigenvalue weighted by molar-refractivity contribution is 4.89. The molecule has 0 aromatic heterocycles. The fourth-order valence-corrected chi connectivity index (χ4v) is 3.49. The van der Waals surface area contributed by atoms with Gasteiger partial charge in [-0.25, -0.2) is 0 Å². The van der Waals surface area contributed by atoms with Gasteiger partial charge in [0.25, 0.3) is 0 Å². The maximum absolute atomic E-state index is 6.00. The van der Waals surface area contributed by atoms with Crippen LogP contribution in [-0.4, -0.2) is 62.5 Å². The Kier molecular flexibility index (Phi) is 6.27. The van der Waals surface area contributed by atoms with E-state index >= 15 is 0 Å². The molecule has 4 heteroatoms. The highest BCUT2D eigenvalue weighted by Crippen LogP contribution is 2.30. The van der Waals surface area contributed by atoms with Gasteiger partial charge in [-0.05, 0) is 45.6 Å². The second-order valence-corrected chi connectivity index (χ2v) is 6.58. The van der Waals surface area contributed by atoms with Crippen molar-refractivity contribution in [3.8, 4) is 0 Å². The minimum absolute atomic E-state index is 0.0668. The Balaban J connectivity index is 1.93. The Morgan fingerprint density at radius 2 is 2.25 bits per heavy atom. The van der Waals surface area contributed by atoms with Gasteiger partial charge < -0.3 is 14.8 Å². The first-order valence-electron chi connectivity index (χ1n) is 8.27. The number of methoxy groups -OCH3 is 1. The summed E-state index contributed by atoms with van der Waals surface area (Å²) in [6.45, 7) is 9.61. The van der Waals surface area contributed by atoms with E-state index in [-0.39, 0.29) is 5.60 Å². The van der Waals surface area contributed by atoms with E-state index in [1.54, 1.807) is 7.11 Å². The molecule has 2 aliphatic rings. The molecular formula is C16H32N2O2. The van der Waals surface area contributed by atoms with E-state index in [0.717, 1.165) is 45.6 Å². The minimum atomic E-state index is 0.0668. The van der Waals surface area contributed by atoms with Crippen LogP contribution < -0.4 is 5.32 Å². The maximum atomic E-state index is 6.00. The van der Waals surface area contributed by atoms with Gasteiger partial charge in [0.2, 0.25) is 0 Å². The van der Waals surface area contributed by atoms with Crippen LogP contribution in [0.5, 0.6) is 0 Å². The number of ether oxygens (including phenoxy) is 2. The molecule has 0 bridgehead atoms. The van der Waals surface area contributed by atoms with Crippen molar-refractivity contribution in [2.24, 2.45) is 0 Å². The molecule has 3 atom stereocenters. The van der Waals surface area contributed by atoms with Crippen molar-refractivity contribution in [1.29, 1.82) is 0 Å². The highest BCUT2D eigenvalue weighted by atomic mass is 16.5. The molecule has 1 N–H and O–H groups in total. The standard InChI is InChI=1S/C16H32N2O2/c1-4-16(2)12-15(7-10-20-16)18(9-11-19-3)13-14-6-5-8-17-14/h14-15,17H,4-13H2,1-3H3. The molecule has 118 valence electrons. The lowest BCUT2D eigenvalue weighted by molar-refractivity contribution is -0.0987. The fourth-order valence-electron chi connectivity index (χ4n) is 3.49. The molecule has 2 saturated heterocycles. The predicted molar refractivity (Wildman–Crippen MR) is 82.1 cm³/mol. The molecule has 0 radical (unpaired) electrons. The van der Waals surface area contributed by atoms with Crippen molar-refractivity contribution in [3.05, 3.63) is 0 Å². The monoisotopic (exact) mass is 284 g/mol. The first-order valence-corrected chi connectivity index (χ1v) is 8.27. The number of hydrogen-bond acceptors (Lipinski definition) is 4. The summed E-state index contributed by atoms with van der Waals surface area (Å²) in [5.74, 6) is 0. The van der Waals surface area contributed by atoms with E-state index in [2.05, 4.69) is 24.1 Å². The van der Waals surface area contributed by atoms with Gasteiger partial charge in [-0.15, -0.1) is 0 Å². The van der Waals surface area contributed by atoms with E-state index in [4.69, 9.17) is 9.47 Å². The molecule has 2 aliphatic heterocycles. The molecule has 2 fully saturated rings.